The number of nitrogens with one attached hydrogen (secondary N) is 2. The predicted molar refractivity (Wildman–Crippen MR) is 53.5 cm³/mol. The Kier molecular flexibility index (Phi) is 3.31. The quantitative estimate of drug-likeness (QED) is 0.688. The first-order valence-corrected chi connectivity index (χ1v) is 5.14. The van der Waals surface area contributed by atoms with Crippen LogP contribution in [0, 0.1) is 0 Å². The zero-order chi connectivity index (χ0) is 9.90. The van der Waals surface area contributed by atoms with Gasteiger partial charge >= 0.3 is 0 Å². The Morgan fingerprint density at radius 2 is 2.38 bits per heavy atom. The van der Waals surface area contributed by atoms with Crippen molar-refractivity contribution in [2.45, 2.75) is 51.6 Å². The molecular weight excluding hydrogens is 164 g/mol. The standard InChI is InChI=1S/C10H20N2O/c1-4-8(2)12-9(13)10(3)6-5-7-11-10/h8,11H,4-7H2,1-3H3,(H,12,13). The van der Waals surface area contributed by atoms with E-state index in [1.54, 1.807) is 0 Å². The number of rotatable bonds is 3. The molecule has 1 aliphatic heterocycles. The fraction of sp³-hybridized carbons (Fsp3) is 0.900. The smallest absolute Gasteiger partial charge is 0.240 e. The van der Waals surface area contributed by atoms with E-state index < -0.39 is 0 Å². The molecule has 1 saturated heterocycles. The van der Waals surface area contributed by atoms with Gasteiger partial charge in [-0.1, -0.05) is 6.92 Å². The van der Waals surface area contributed by atoms with Crippen molar-refractivity contribution in [3.8, 4) is 0 Å². The third kappa shape index (κ3) is 2.44. The lowest BCUT2D eigenvalue weighted by Gasteiger charge is -2.25. The summed E-state index contributed by atoms with van der Waals surface area (Å²) in [6.45, 7) is 7.06. The van der Waals surface area contributed by atoms with Crippen LogP contribution in [0.15, 0.2) is 0 Å². The van der Waals surface area contributed by atoms with E-state index in [9.17, 15) is 4.79 Å². The second kappa shape index (κ2) is 4.09. The van der Waals surface area contributed by atoms with Gasteiger partial charge in [-0.05, 0) is 39.7 Å². The summed E-state index contributed by atoms with van der Waals surface area (Å²) in [6.07, 6.45) is 3.04. The molecule has 76 valence electrons. The van der Waals surface area contributed by atoms with Crippen molar-refractivity contribution in [2.75, 3.05) is 6.54 Å². The lowest BCUT2D eigenvalue weighted by atomic mass is 9.99. The molecule has 0 aromatic carbocycles. The predicted octanol–water partition coefficient (Wildman–Crippen LogP) is 1.04. The Hall–Kier alpha value is -0.570. The van der Waals surface area contributed by atoms with Crippen LogP contribution >= 0.6 is 0 Å². The molecule has 0 aliphatic carbocycles. The zero-order valence-corrected chi connectivity index (χ0v) is 8.81. The average molecular weight is 184 g/mol. The Bertz CT molecular complexity index is 185. The van der Waals surface area contributed by atoms with Crippen LogP contribution in [0.4, 0.5) is 0 Å². The molecule has 1 heterocycles. The minimum atomic E-state index is -0.316. The van der Waals surface area contributed by atoms with Gasteiger partial charge in [-0.15, -0.1) is 0 Å². The van der Waals surface area contributed by atoms with Crippen molar-refractivity contribution in [3.05, 3.63) is 0 Å². The van der Waals surface area contributed by atoms with E-state index in [2.05, 4.69) is 17.6 Å². The Balaban J connectivity index is 2.46. The molecule has 0 saturated carbocycles. The summed E-state index contributed by atoms with van der Waals surface area (Å²) in [5.41, 5.74) is -0.316. The third-order valence-corrected chi connectivity index (χ3v) is 2.86. The summed E-state index contributed by atoms with van der Waals surface area (Å²) in [7, 11) is 0. The number of carbonyl (C=O) groups excluding carboxylic acids is 1. The van der Waals surface area contributed by atoms with E-state index in [1.165, 1.54) is 0 Å². The van der Waals surface area contributed by atoms with Crippen LogP contribution in [0.3, 0.4) is 0 Å². The van der Waals surface area contributed by atoms with Crippen molar-refractivity contribution in [1.29, 1.82) is 0 Å². The lowest BCUT2D eigenvalue weighted by Crippen LogP contribution is -2.53. The number of carbonyl (C=O) groups is 1. The van der Waals surface area contributed by atoms with E-state index >= 15 is 0 Å². The molecule has 1 fully saturated rings. The summed E-state index contributed by atoms with van der Waals surface area (Å²) >= 11 is 0. The van der Waals surface area contributed by atoms with E-state index in [-0.39, 0.29) is 17.5 Å². The van der Waals surface area contributed by atoms with Gasteiger partial charge in [0.15, 0.2) is 0 Å². The highest BCUT2D eigenvalue weighted by atomic mass is 16.2. The molecule has 0 radical (unpaired) electrons. The number of amides is 1. The fourth-order valence-corrected chi connectivity index (χ4v) is 1.57. The summed E-state index contributed by atoms with van der Waals surface area (Å²) in [5.74, 6) is 0.152. The monoisotopic (exact) mass is 184 g/mol. The minimum Gasteiger partial charge on any atom is -0.352 e. The summed E-state index contributed by atoms with van der Waals surface area (Å²) in [6, 6.07) is 0.284. The van der Waals surface area contributed by atoms with E-state index in [0.717, 1.165) is 25.8 Å². The highest BCUT2D eigenvalue weighted by Crippen LogP contribution is 2.18. The van der Waals surface area contributed by atoms with Gasteiger partial charge in [-0.25, -0.2) is 0 Å². The molecule has 0 bridgehead atoms. The maximum Gasteiger partial charge on any atom is 0.240 e. The maximum atomic E-state index is 11.8. The van der Waals surface area contributed by atoms with Gasteiger partial charge in [0.1, 0.15) is 0 Å². The Morgan fingerprint density at radius 1 is 1.69 bits per heavy atom. The molecule has 0 spiro atoms. The Labute approximate surface area is 80.3 Å². The first-order valence-electron chi connectivity index (χ1n) is 5.14. The Morgan fingerprint density at radius 3 is 2.85 bits per heavy atom. The largest absolute Gasteiger partial charge is 0.352 e. The molecule has 1 aliphatic rings. The average Bonchev–Trinajstić information content (AvgIpc) is 2.53. The number of hydrogen-bond donors (Lipinski definition) is 2. The second-order valence-electron chi connectivity index (χ2n) is 4.15. The van der Waals surface area contributed by atoms with Crippen LogP contribution in [0.5, 0.6) is 0 Å². The SMILES string of the molecule is CCC(C)NC(=O)C1(C)CCCN1. The molecule has 1 amide bonds. The first kappa shape index (κ1) is 10.5. The van der Waals surface area contributed by atoms with Crippen molar-refractivity contribution in [3.63, 3.8) is 0 Å². The third-order valence-electron chi connectivity index (χ3n) is 2.86. The van der Waals surface area contributed by atoms with Crippen LogP contribution in [0.2, 0.25) is 0 Å². The van der Waals surface area contributed by atoms with E-state index in [1.807, 2.05) is 13.8 Å². The van der Waals surface area contributed by atoms with Gasteiger partial charge in [0.2, 0.25) is 5.91 Å². The van der Waals surface area contributed by atoms with Gasteiger partial charge in [0.25, 0.3) is 0 Å². The molecule has 2 N–H and O–H groups in total. The summed E-state index contributed by atoms with van der Waals surface area (Å²) in [5, 5.41) is 6.26. The van der Waals surface area contributed by atoms with E-state index in [0.29, 0.717) is 0 Å². The highest BCUT2D eigenvalue weighted by Gasteiger charge is 2.35. The topological polar surface area (TPSA) is 41.1 Å². The normalized spacial score (nSPS) is 30.1. The molecular formula is C10H20N2O. The molecule has 0 aromatic heterocycles. The lowest BCUT2D eigenvalue weighted by molar-refractivity contribution is -0.127. The van der Waals surface area contributed by atoms with Crippen LogP contribution in [-0.4, -0.2) is 24.0 Å². The summed E-state index contributed by atoms with van der Waals surface area (Å²) < 4.78 is 0. The molecule has 13 heavy (non-hydrogen) atoms. The van der Waals surface area contributed by atoms with Crippen LogP contribution in [0.25, 0.3) is 0 Å². The van der Waals surface area contributed by atoms with Crippen LogP contribution < -0.4 is 10.6 Å². The molecule has 1 rings (SSSR count). The number of hydrogen-bond acceptors (Lipinski definition) is 2. The maximum absolute atomic E-state index is 11.8. The van der Waals surface area contributed by atoms with Crippen molar-refractivity contribution < 1.29 is 4.79 Å². The molecule has 3 heteroatoms. The first-order chi connectivity index (χ1) is 6.08. The van der Waals surface area contributed by atoms with Crippen LogP contribution in [-0.2, 0) is 4.79 Å². The van der Waals surface area contributed by atoms with Crippen LogP contribution in [0.1, 0.15) is 40.0 Å². The molecule has 3 nitrogen and oxygen atoms in total. The van der Waals surface area contributed by atoms with Gasteiger partial charge in [-0.2, -0.15) is 0 Å². The minimum absolute atomic E-state index is 0.152. The molecule has 0 aromatic rings. The molecule has 2 unspecified atom stereocenters. The second-order valence-corrected chi connectivity index (χ2v) is 4.15. The molecule has 2 atom stereocenters. The fourth-order valence-electron chi connectivity index (χ4n) is 1.57. The highest BCUT2D eigenvalue weighted by molar-refractivity contribution is 5.86. The van der Waals surface area contributed by atoms with Gasteiger partial charge < -0.3 is 10.6 Å². The van der Waals surface area contributed by atoms with Gasteiger partial charge in [0, 0.05) is 6.04 Å². The van der Waals surface area contributed by atoms with Gasteiger partial charge in [-0.3, -0.25) is 4.79 Å². The van der Waals surface area contributed by atoms with Crippen molar-refractivity contribution in [1.82, 2.24) is 10.6 Å². The van der Waals surface area contributed by atoms with Crippen molar-refractivity contribution >= 4 is 5.91 Å². The summed E-state index contributed by atoms with van der Waals surface area (Å²) in [4.78, 5) is 11.8. The van der Waals surface area contributed by atoms with Gasteiger partial charge in [0.05, 0.1) is 5.54 Å². The van der Waals surface area contributed by atoms with Crippen molar-refractivity contribution in [2.24, 2.45) is 0 Å². The zero-order valence-electron chi connectivity index (χ0n) is 8.81. The van der Waals surface area contributed by atoms with E-state index in [4.69, 9.17) is 0 Å².